The average Bonchev–Trinajstić information content (AvgIpc) is 3.20. The van der Waals surface area contributed by atoms with E-state index >= 15 is 0 Å². The van der Waals surface area contributed by atoms with Gasteiger partial charge in [-0.2, -0.15) is 0 Å². The molecule has 0 spiro atoms. The molecule has 140 valence electrons. The number of nitrogens with zero attached hydrogens (tertiary/aromatic N) is 2. The van der Waals surface area contributed by atoms with Crippen LogP contribution >= 0.6 is 0 Å². The molecule has 0 unspecified atom stereocenters. The molecule has 2 heterocycles. The number of carbonyl (C=O) groups is 1. The third-order valence-corrected chi connectivity index (χ3v) is 4.71. The number of unbranched alkanes of at least 4 members (excludes halogenated alkanes) is 3. The molecular formula is C23H26N2O2. The Kier molecular flexibility index (Phi) is 6.91. The van der Waals surface area contributed by atoms with Gasteiger partial charge in [-0.3, -0.25) is 9.78 Å². The number of aromatic nitrogens is 2. The van der Waals surface area contributed by atoms with Crippen molar-refractivity contribution in [2.75, 3.05) is 0 Å². The number of pyridine rings is 1. The van der Waals surface area contributed by atoms with E-state index in [0.717, 1.165) is 60.4 Å². The molecule has 3 aromatic rings. The minimum absolute atomic E-state index is 0.363. The van der Waals surface area contributed by atoms with Crippen LogP contribution in [0.25, 0.3) is 22.5 Å². The van der Waals surface area contributed by atoms with Crippen molar-refractivity contribution in [1.82, 2.24) is 9.97 Å². The van der Waals surface area contributed by atoms with E-state index in [0.29, 0.717) is 18.6 Å². The molecule has 1 aromatic carbocycles. The maximum absolute atomic E-state index is 11.3. The molecular weight excluding hydrogens is 336 g/mol. The van der Waals surface area contributed by atoms with Gasteiger partial charge in [0.25, 0.3) is 0 Å². The summed E-state index contributed by atoms with van der Waals surface area (Å²) in [5, 5.41) is 0. The largest absolute Gasteiger partial charge is 0.441 e. The van der Waals surface area contributed by atoms with Crippen molar-refractivity contribution in [3.05, 3.63) is 60.9 Å². The number of ketones is 1. The number of hydrogen-bond acceptors (Lipinski definition) is 4. The molecule has 3 rings (SSSR count). The van der Waals surface area contributed by atoms with Crippen LogP contribution in [0.4, 0.5) is 0 Å². The van der Waals surface area contributed by atoms with Gasteiger partial charge in [0.15, 0.2) is 11.7 Å². The second-order valence-electron chi connectivity index (χ2n) is 6.74. The Bertz CT molecular complexity index is 838. The summed E-state index contributed by atoms with van der Waals surface area (Å²) in [6, 6.07) is 12.2. The molecule has 0 saturated heterocycles. The highest BCUT2D eigenvalue weighted by molar-refractivity contribution is 5.77. The summed E-state index contributed by atoms with van der Waals surface area (Å²) in [5.41, 5.74) is 3.26. The summed E-state index contributed by atoms with van der Waals surface area (Å²) in [5.74, 6) is 1.95. The predicted octanol–water partition coefficient (Wildman–Crippen LogP) is 5.88. The Balaban J connectivity index is 1.48. The van der Waals surface area contributed by atoms with Crippen LogP contribution in [-0.4, -0.2) is 15.8 Å². The van der Waals surface area contributed by atoms with E-state index in [1.54, 1.807) is 12.4 Å². The summed E-state index contributed by atoms with van der Waals surface area (Å²) in [7, 11) is 0. The lowest BCUT2D eigenvalue weighted by Gasteiger charge is -2.02. The zero-order valence-electron chi connectivity index (χ0n) is 15.9. The molecule has 0 N–H and O–H groups in total. The molecule has 27 heavy (non-hydrogen) atoms. The first-order valence-corrected chi connectivity index (χ1v) is 9.73. The van der Waals surface area contributed by atoms with E-state index < -0.39 is 0 Å². The third-order valence-electron chi connectivity index (χ3n) is 4.71. The van der Waals surface area contributed by atoms with Crippen LogP contribution < -0.4 is 0 Å². The number of oxazole rings is 1. The number of hydrogen-bond donors (Lipinski definition) is 0. The number of rotatable bonds is 10. The molecule has 0 aliphatic carbocycles. The van der Waals surface area contributed by atoms with Gasteiger partial charge in [-0.1, -0.05) is 50.1 Å². The van der Waals surface area contributed by atoms with Crippen LogP contribution in [0.5, 0.6) is 0 Å². The Morgan fingerprint density at radius 2 is 1.70 bits per heavy atom. The number of carbonyl (C=O) groups excluding carboxylic acids is 1. The van der Waals surface area contributed by atoms with E-state index in [4.69, 9.17) is 4.42 Å². The van der Waals surface area contributed by atoms with Crippen molar-refractivity contribution in [1.29, 1.82) is 0 Å². The first-order chi connectivity index (χ1) is 13.3. The molecule has 0 saturated carbocycles. The minimum Gasteiger partial charge on any atom is -0.441 e. The van der Waals surface area contributed by atoms with Gasteiger partial charge in [0, 0.05) is 37.2 Å². The molecule has 4 nitrogen and oxygen atoms in total. The smallest absolute Gasteiger partial charge is 0.194 e. The average molecular weight is 362 g/mol. The standard InChI is InChI=1S/C23H26N2O2/c1-2-21(26)9-5-3-4-6-10-23-25-17-22(27-23)19-13-11-18(12-14-19)20-8-7-15-24-16-20/h7-8,11-17H,2-6,9-10H2,1H3. The highest BCUT2D eigenvalue weighted by atomic mass is 16.4. The summed E-state index contributed by atoms with van der Waals surface area (Å²) < 4.78 is 5.90. The fourth-order valence-electron chi connectivity index (χ4n) is 3.05. The van der Waals surface area contributed by atoms with Gasteiger partial charge in [0.05, 0.1) is 6.20 Å². The maximum atomic E-state index is 11.3. The van der Waals surface area contributed by atoms with Crippen LogP contribution in [0.2, 0.25) is 0 Å². The fraction of sp³-hybridized carbons (Fsp3) is 0.348. The van der Waals surface area contributed by atoms with E-state index in [9.17, 15) is 4.79 Å². The zero-order valence-corrected chi connectivity index (χ0v) is 15.9. The summed E-state index contributed by atoms with van der Waals surface area (Å²) in [4.78, 5) is 19.8. The van der Waals surface area contributed by atoms with Crippen LogP contribution in [0, 0.1) is 0 Å². The highest BCUT2D eigenvalue weighted by Crippen LogP contribution is 2.25. The van der Waals surface area contributed by atoms with Gasteiger partial charge < -0.3 is 4.42 Å². The molecule has 0 radical (unpaired) electrons. The van der Waals surface area contributed by atoms with Crippen LogP contribution in [0.1, 0.15) is 51.3 Å². The third kappa shape index (κ3) is 5.61. The molecule has 0 amide bonds. The van der Waals surface area contributed by atoms with Crippen LogP contribution in [0.15, 0.2) is 59.4 Å². The number of Topliss-reactive ketones (excluding diaryl/α,β-unsaturated/α-hetero) is 1. The van der Waals surface area contributed by atoms with Crippen LogP contribution in [0.3, 0.4) is 0 Å². The Morgan fingerprint density at radius 3 is 2.44 bits per heavy atom. The lowest BCUT2D eigenvalue weighted by atomic mass is 10.1. The Hall–Kier alpha value is -2.75. The second-order valence-corrected chi connectivity index (χ2v) is 6.74. The predicted molar refractivity (Wildman–Crippen MR) is 107 cm³/mol. The summed E-state index contributed by atoms with van der Waals surface area (Å²) >= 11 is 0. The highest BCUT2D eigenvalue weighted by Gasteiger charge is 2.07. The lowest BCUT2D eigenvalue weighted by Crippen LogP contribution is -1.94. The lowest BCUT2D eigenvalue weighted by molar-refractivity contribution is -0.118. The molecule has 0 aliphatic rings. The SMILES string of the molecule is CCC(=O)CCCCCCc1ncc(-c2ccc(-c3cccnc3)cc2)o1. The van der Waals surface area contributed by atoms with Gasteiger partial charge in [0.1, 0.15) is 5.78 Å². The van der Waals surface area contributed by atoms with E-state index in [1.807, 2.05) is 25.3 Å². The topological polar surface area (TPSA) is 56.0 Å². The molecule has 2 aromatic heterocycles. The summed E-state index contributed by atoms with van der Waals surface area (Å²) in [6.07, 6.45) is 11.9. The summed E-state index contributed by atoms with van der Waals surface area (Å²) in [6.45, 7) is 1.93. The van der Waals surface area contributed by atoms with Gasteiger partial charge >= 0.3 is 0 Å². The van der Waals surface area contributed by atoms with Gasteiger partial charge in [-0.05, 0) is 30.0 Å². The Morgan fingerprint density at radius 1 is 0.926 bits per heavy atom. The first-order valence-electron chi connectivity index (χ1n) is 9.73. The monoisotopic (exact) mass is 362 g/mol. The van der Waals surface area contributed by atoms with Crippen molar-refractivity contribution in [3.8, 4) is 22.5 Å². The van der Waals surface area contributed by atoms with Crippen molar-refractivity contribution in [3.63, 3.8) is 0 Å². The molecule has 0 bridgehead atoms. The maximum Gasteiger partial charge on any atom is 0.194 e. The van der Waals surface area contributed by atoms with Crippen molar-refractivity contribution in [2.24, 2.45) is 0 Å². The van der Waals surface area contributed by atoms with Gasteiger partial charge in [0.2, 0.25) is 0 Å². The van der Waals surface area contributed by atoms with E-state index in [2.05, 4.69) is 34.2 Å². The normalized spacial score (nSPS) is 10.9. The molecule has 0 atom stereocenters. The van der Waals surface area contributed by atoms with Gasteiger partial charge in [-0.25, -0.2) is 4.98 Å². The molecule has 0 fully saturated rings. The zero-order chi connectivity index (χ0) is 18.9. The van der Waals surface area contributed by atoms with Crippen molar-refractivity contribution < 1.29 is 9.21 Å². The Labute approximate surface area is 160 Å². The van der Waals surface area contributed by atoms with E-state index in [1.165, 1.54) is 0 Å². The fourth-order valence-corrected chi connectivity index (χ4v) is 3.05. The molecule has 4 heteroatoms. The first kappa shape index (κ1) is 19.0. The van der Waals surface area contributed by atoms with Crippen molar-refractivity contribution in [2.45, 2.75) is 51.9 Å². The quantitative estimate of drug-likeness (QED) is 0.423. The number of aryl methyl sites for hydroxylation is 1. The van der Waals surface area contributed by atoms with Crippen molar-refractivity contribution >= 4 is 5.78 Å². The van der Waals surface area contributed by atoms with Crippen LogP contribution in [-0.2, 0) is 11.2 Å². The van der Waals surface area contributed by atoms with Gasteiger partial charge in [-0.15, -0.1) is 0 Å². The second kappa shape index (κ2) is 9.81. The van der Waals surface area contributed by atoms with E-state index in [-0.39, 0.29) is 0 Å². The molecule has 0 aliphatic heterocycles. The number of benzene rings is 1. The minimum atomic E-state index is 0.363.